The molecule has 0 amide bonds. The van der Waals surface area contributed by atoms with Crippen LogP contribution in [0.1, 0.15) is 33.6 Å². The van der Waals surface area contributed by atoms with Crippen LogP contribution < -0.4 is 0 Å². The van der Waals surface area contributed by atoms with Gasteiger partial charge in [-0.25, -0.2) is 0 Å². The summed E-state index contributed by atoms with van der Waals surface area (Å²) in [4.78, 5) is 10.8. The van der Waals surface area contributed by atoms with Gasteiger partial charge in [0.15, 0.2) is 0 Å². The maximum atomic E-state index is 10.8. The van der Waals surface area contributed by atoms with E-state index in [1.54, 1.807) is 6.92 Å². The Labute approximate surface area is 80.4 Å². The lowest BCUT2D eigenvalue weighted by Crippen LogP contribution is -2.09. The van der Waals surface area contributed by atoms with E-state index in [2.05, 4.69) is 13.8 Å². The molecule has 0 saturated carbocycles. The maximum Gasteiger partial charge on any atom is 0.308 e. The third-order valence-electron chi connectivity index (χ3n) is 1.60. The van der Waals surface area contributed by atoms with Crippen LogP contribution in [0.4, 0.5) is 0 Å². The second-order valence-corrected chi connectivity index (χ2v) is 3.35. The van der Waals surface area contributed by atoms with E-state index in [-0.39, 0.29) is 5.97 Å². The molecular weight excluding hydrogens is 168 g/mol. The lowest BCUT2D eigenvalue weighted by molar-refractivity contribution is -0.144. The average Bonchev–Trinajstić information content (AvgIpc) is 2.03. The Morgan fingerprint density at radius 3 is 2.54 bits per heavy atom. The predicted molar refractivity (Wildman–Crippen MR) is 51.5 cm³/mol. The molecule has 0 aliphatic carbocycles. The van der Waals surface area contributed by atoms with E-state index in [4.69, 9.17) is 9.47 Å². The molecule has 0 aliphatic heterocycles. The summed E-state index contributed by atoms with van der Waals surface area (Å²) in [5, 5.41) is 0. The molecule has 78 valence electrons. The molecular formula is C10H20O3. The molecule has 0 N–H and O–H groups in total. The van der Waals surface area contributed by atoms with E-state index in [0.717, 1.165) is 13.0 Å². The first-order valence-electron chi connectivity index (χ1n) is 4.90. The van der Waals surface area contributed by atoms with Gasteiger partial charge in [-0.05, 0) is 19.3 Å². The summed E-state index contributed by atoms with van der Waals surface area (Å²) in [6.45, 7) is 7.76. The highest BCUT2D eigenvalue weighted by Crippen LogP contribution is 1.99. The summed E-state index contributed by atoms with van der Waals surface area (Å²) < 4.78 is 10.0. The van der Waals surface area contributed by atoms with Gasteiger partial charge in [0.2, 0.25) is 0 Å². The quantitative estimate of drug-likeness (QED) is 0.453. The van der Waals surface area contributed by atoms with Gasteiger partial charge in [-0.15, -0.1) is 0 Å². The monoisotopic (exact) mass is 188 g/mol. The Kier molecular flexibility index (Phi) is 7.69. The highest BCUT2D eigenvalue weighted by molar-refractivity contribution is 5.69. The topological polar surface area (TPSA) is 35.5 Å². The van der Waals surface area contributed by atoms with Crippen molar-refractivity contribution in [2.75, 3.05) is 19.8 Å². The molecule has 3 nitrogen and oxygen atoms in total. The van der Waals surface area contributed by atoms with Crippen molar-refractivity contribution in [1.82, 2.24) is 0 Å². The van der Waals surface area contributed by atoms with E-state index in [9.17, 15) is 4.79 Å². The SMILES string of the molecule is CCOC(=O)CCOCCC(C)C. The van der Waals surface area contributed by atoms with Crippen LogP contribution in [-0.4, -0.2) is 25.8 Å². The molecule has 0 aromatic rings. The fourth-order valence-electron chi connectivity index (χ4n) is 0.810. The van der Waals surface area contributed by atoms with Gasteiger partial charge in [0.1, 0.15) is 0 Å². The van der Waals surface area contributed by atoms with Gasteiger partial charge in [0, 0.05) is 6.61 Å². The molecule has 0 saturated heterocycles. The Balaban J connectivity index is 3.11. The number of carbonyl (C=O) groups is 1. The van der Waals surface area contributed by atoms with Crippen LogP contribution in [0.15, 0.2) is 0 Å². The van der Waals surface area contributed by atoms with Crippen molar-refractivity contribution in [2.45, 2.75) is 33.6 Å². The van der Waals surface area contributed by atoms with E-state index >= 15 is 0 Å². The van der Waals surface area contributed by atoms with Crippen molar-refractivity contribution in [2.24, 2.45) is 5.92 Å². The summed E-state index contributed by atoms with van der Waals surface area (Å²) in [5.41, 5.74) is 0. The van der Waals surface area contributed by atoms with Crippen LogP contribution in [0.5, 0.6) is 0 Å². The Morgan fingerprint density at radius 1 is 1.31 bits per heavy atom. The second-order valence-electron chi connectivity index (χ2n) is 3.35. The van der Waals surface area contributed by atoms with Crippen molar-refractivity contribution >= 4 is 5.97 Å². The Bertz CT molecular complexity index is 132. The number of hydrogen-bond donors (Lipinski definition) is 0. The van der Waals surface area contributed by atoms with Gasteiger partial charge in [0.05, 0.1) is 19.6 Å². The summed E-state index contributed by atoms with van der Waals surface area (Å²) in [6.07, 6.45) is 1.41. The molecule has 0 spiro atoms. The van der Waals surface area contributed by atoms with Crippen LogP contribution in [0, 0.1) is 5.92 Å². The summed E-state index contributed by atoms with van der Waals surface area (Å²) in [7, 11) is 0. The minimum Gasteiger partial charge on any atom is -0.466 e. The molecule has 0 aliphatic rings. The van der Waals surface area contributed by atoms with Crippen LogP contribution in [0.25, 0.3) is 0 Å². The fourth-order valence-corrected chi connectivity index (χ4v) is 0.810. The van der Waals surface area contributed by atoms with E-state index < -0.39 is 0 Å². The minimum absolute atomic E-state index is 0.174. The van der Waals surface area contributed by atoms with Crippen LogP contribution in [0.2, 0.25) is 0 Å². The number of esters is 1. The van der Waals surface area contributed by atoms with E-state index in [1.165, 1.54) is 0 Å². The van der Waals surface area contributed by atoms with Gasteiger partial charge in [0.25, 0.3) is 0 Å². The van der Waals surface area contributed by atoms with Gasteiger partial charge in [-0.1, -0.05) is 13.8 Å². The van der Waals surface area contributed by atoms with E-state index in [0.29, 0.717) is 25.6 Å². The number of carbonyl (C=O) groups excluding carboxylic acids is 1. The summed E-state index contributed by atoms with van der Waals surface area (Å²) in [6, 6.07) is 0. The van der Waals surface area contributed by atoms with Gasteiger partial charge >= 0.3 is 5.97 Å². The Morgan fingerprint density at radius 2 is 2.00 bits per heavy atom. The van der Waals surface area contributed by atoms with Crippen LogP contribution in [0.3, 0.4) is 0 Å². The third kappa shape index (κ3) is 9.34. The molecule has 0 heterocycles. The molecule has 0 unspecified atom stereocenters. The zero-order valence-electron chi connectivity index (χ0n) is 8.84. The predicted octanol–water partition coefficient (Wildman–Crippen LogP) is 2.00. The lowest BCUT2D eigenvalue weighted by Gasteiger charge is -2.05. The second kappa shape index (κ2) is 8.05. The number of ether oxygens (including phenoxy) is 2. The van der Waals surface area contributed by atoms with Crippen LogP contribution >= 0.6 is 0 Å². The number of rotatable bonds is 7. The lowest BCUT2D eigenvalue weighted by atomic mass is 10.1. The van der Waals surface area contributed by atoms with Gasteiger partial charge < -0.3 is 9.47 Å². The molecule has 0 aromatic heterocycles. The first-order chi connectivity index (χ1) is 6.16. The molecule has 0 radical (unpaired) electrons. The van der Waals surface area contributed by atoms with Gasteiger partial charge in [-0.2, -0.15) is 0 Å². The van der Waals surface area contributed by atoms with Crippen molar-refractivity contribution in [3.8, 4) is 0 Å². The van der Waals surface area contributed by atoms with Crippen LogP contribution in [-0.2, 0) is 14.3 Å². The smallest absolute Gasteiger partial charge is 0.308 e. The third-order valence-corrected chi connectivity index (χ3v) is 1.60. The molecule has 0 rings (SSSR count). The first-order valence-corrected chi connectivity index (χ1v) is 4.90. The molecule has 0 bridgehead atoms. The standard InChI is InChI=1S/C10H20O3/c1-4-13-10(11)6-8-12-7-5-9(2)3/h9H,4-8H2,1-3H3. The Hall–Kier alpha value is -0.570. The molecule has 0 fully saturated rings. The van der Waals surface area contributed by atoms with Crippen molar-refractivity contribution < 1.29 is 14.3 Å². The van der Waals surface area contributed by atoms with E-state index in [1.807, 2.05) is 0 Å². The zero-order valence-corrected chi connectivity index (χ0v) is 8.84. The summed E-state index contributed by atoms with van der Waals surface area (Å²) >= 11 is 0. The normalized spacial score (nSPS) is 10.5. The average molecular weight is 188 g/mol. The number of hydrogen-bond acceptors (Lipinski definition) is 3. The zero-order chi connectivity index (χ0) is 10.1. The fraction of sp³-hybridized carbons (Fsp3) is 0.900. The molecule has 0 atom stereocenters. The van der Waals surface area contributed by atoms with Crippen molar-refractivity contribution in [1.29, 1.82) is 0 Å². The largest absolute Gasteiger partial charge is 0.466 e. The van der Waals surface area contributed by atoms with Crippen molar-refractivity contribution in [3.05, 3.63) is 0 Å². The van der Waals surface area contributed by atoms with Gasteiger partial charge in [-0.3, -0.25) is 4.79 Å². The highest BCUT2D eigenvalue weighted by Gasteiger charge is 2.00. The van der Waals surface area contributed by atoms with Crippen molar-refractivity contribution in [3.63, 3.8) is 0 Å². The summed E-state index contributed by atoms with van der Waals surface area (Å²) in [5.74, 6) is 0.481. The molecule has 13 heavy (non-hydrogen) atoms. The minimum atomic E-state index is -0.174. The molecule has 0 aromatic carbocycles. The first kappa shape index (κ1) is 12.4. The maximum absolute atomic E-state index is 10.8. The highest BCUT2D eigenvalue weighted by atomic mass is 16.5. The molecule has 3 heteroatoms.